The van der Waals surface area contributed by atoms with Crippen molar-refractivity contribution in [1.82, 2.24) is 5.48 Å². The molecular weight excluding hydrogens is 318 g/mol. The van der Waals surface area contributed by atoms with Gasteiger partial charge in [-0.3, -0.25) is 9.63 Å². The molecule has 8 heteroatoms. The van der Waals surface area contributed by atoms with Crippen molar-refractivity contribution >= 4 is 18.2 Å². The van der Waals surface area contributed by atoms with E-state index in [1.54, 1.807) is 37.3 Å². The Labute approximate surface area is 140 Å². The molecule has 0 unspecified atom stereocenters. The minimum absolute atomic E-state index is 0.0297. The monoisotopic (exact) mass is 339 g/mol. The van der Waals surface area contributed by atoms with Gasteiger partial charge in [0.25, 0.3) is 0 Å². The van der Waals surface area contributed by atoms with E-state index < -0.39 is 12.1 Å². The zero-order valence-electron chi connectivity index (χ0n) is 13.9. The van der Waals surface area contributed by atoms with Gasteiger partial charge in [-0.1, -0.05) is 18.2 Å². The molecule has 0 aliphatic rings. The van der Waals surface area contributed by atoms with Gasteiger partial charge in [-0.15, -0.1) is 0 Å². The number of hydroxylamine groups is 1. The molecule has 1 N–H and O–H groups in total. The van der Waals surface area contributed by atoms with Crippen molar-refractivity contribution in [3.05, 3.63) is 29.8 Å². The molecular formula is C16H21NO7. The third kappa shape index (κ3) is 7.12. The van der Waals surface area contributed by atoms with Gasteiger partial charge in [0.05, 0.1) is 27.4 Å². The van der Waals surface area contributed by atoms with Crippen molar-refractivity contribution in [2.24, 2.45) is 0 Å². The lowest BCUT2D eigenvalue weighted by molar-refractivity contribution is -0.142. The van der Waals surface area contributed by atoms with Crippen molar-refractivity contribution in [3.8, 4) is 11.5 Å². The third-order valence-electron chi connectivity index (χ3n) is 2.68. The number of carbonyl (C=O) groups is 2. The molecule has 0 saturated carbocycles. The maximum absolute atomic E-state index is 11.3. The van der Waals surface area contributed by atoms with Gasteiger partial charge in [0.2, 0.25) is 0 Å². The van der Waals surface area contributed by atoms with Crippen LogP contribution < -0.4 is 15.0 Å². The number of ether oxygens (including phenoxy) is 4. The Bertz CT molecular complexity index is 572. The van der Waals surface area contributed by atoms with Crippen LogP contribution in [0.2, 0.25) is 0 Å². The Balaban J connectivity index is 2.53. The summed E-state index contributed by atoms with van der Waals surface area (Å²) in [6.45, 7) is 2.14. The van der Waals surface area contributed by atoms with E-state index in [0.29, 0.717) is 5.75 Å². The first-order chi connectivity index (χ1) is 11.6. The first-order valence-corrected chi connectivity index (χ1v) is 7.21. The van der Waals surface area contributed by atoms with Crippen LogP contribution in [-0.4, -0.2) is 46.1 Å². The van der Waals surface area contributed by atoms with Gasteiger partial charge in [-0.25, -0.2) is 4.79 Å². The van der Waals surface area contributed by atoms with E-state index in [2.05, 4.69) is 10.2 Å². The van der Waals surface area contributed by atoms with Gasteiger partial charge in [-0.05, 0) is 24.6 Å². The zero-order valence-corrected chi connectivity index (χ0v) is 13.9. The van der Waals surface area contributed by atoms with Crippen LogP contribution >= 0.6 is 0 Å². The number of esters is 1. The Morgan fingerprint density at radius 1 is 1.21 bits per heavy atom. The molecule has 1 aromatic carbocycles. The minimum atomic E-state index is -0.788. The SMILES string of the molecule is CCOC(=O)Oc1ccc(C=CCONCC(=O)OC)cc1OC. The molecule has 0 bridgehead atoms. The molecule has 132 valence electrons. The average Bonchev–Trinajstić information content (AvgIpc) is 2.58. The molecule has 0 saturated heterocycles. The third-order valence-corrected chi connectivity index (χ3v) is 2.68. The summed E-state index contributed by atoms with van der Waals surface area (Å²) >= 11 is 0. The highest BCUT2D eigenvalue weighted by Gasteiger charge is 2.10. The summed E-state index contributed by atoms with van der Waals surface area (Å²) in [6.07, 6.45) is 2.74. The van der Waals surface area contributed by atoms with Crippen LogP contribution in [0.4, 0.5) is 4.79 Å². The number of carbonyl (C=O) groups excluding carboxylic acids is 2. The van der Waals surface area contributed by atoms with E-state index in [9.17, 15) is 9.59 Å². The molecule has 24 heavy (non-hydrogen) atoms. The summed E-state index contributed by atoms with van der Waals surface area (Å²) < 4.78 is 19.4. The van der Waals surface area contributed by atoms with Crippen molar-refractivity contribution in [2.45, 2.75) is 6.92 Å². The lowest BCUT2D eigenvalue weighted by Crippen LogP contribution is -2.24. The summed E-state index contributed by atoms with van der Waals surface area (Å²) in [4.78, 5) is 27.2. The van der Waals surface area contributed by atoms with Crippen LogP contribution in [0.1, 0.15) is 12.5 Å². The lowest BCUT2D eigenvalue weighted by Gasteiger charge is -2.09. The molecule has 0 fully saturated rings. The quantitative estimate of drug-likeness (QED) is 0.316. The molecule has 0 spiro atoms. The van der Waals surface area contributed by atoms with E-state index >= 15 is 0 Å². The van der Waals surface area contributed by atoms with Crippen LogP contribution in [0.5, 0.6) is 11.5 Å². The fourth-order valence-corrected chi connectivity index (χ4v) is 1.58. The minimum Gasteiger partial charge on any atom is -0.493 e. The van der Waals surface area contributed by atoms with Crippen molar-refractivity contribution in [1.29, 1.82) is 0 Å². The first-order valence-electron chi connectivity index (χ1n) is 7.21. The number of methoxy groups -OCH3 is 2. The number of hydrogen-bond donors (Lipinski definition) is 1. The molecule has 0 amide bonds. The van der Waals surface area contributed by atoms with Crippen LogP contribution in [0, 0.1) is 0 Å². The lowest BCUT2D eigenvalue weighted by atomic mass is 10.2. The molecule has 0 atom stereocenters. The standard InChI is InChI=1S/C16H21NO7/c1-4-22-16(19)24-13-8-7-12(10-14(13)20-2)6-5-9-23-17-11-15(18)21-3/h5-8,10,17H,4,9,11H2,1-3H3. The Kier molecular flexibility index (Phi) is 8.95. The van der Waals surface area contributed by atoms with E-state index in [-0.39, 0.29) is 25.5 Å². The normalized spacial score (nSPS) is 10.5. The van der Waals surface area contributed by atoms with Crippen LogP contribution in [0.25, 0.3) is 6.08 Å². The first kappa shape index (κ1) is 19.5. The van der Waals surface area contributed by atoms with E-state index in [4.69, 9.17) is 19.0 Å². The Morgan fingerprint density at radius 3 is 2.67 bits per heavy atom. The van der Waals surface area contributed by atoms with Crippen LogP contribution in [0.15, 0.2) is 24.3 Å². The van der Waals surface area contributed by atoms with Gasteiger partial charge < -0.3 is 18.9 Å². The van der Waals surface area contributed by atoms with Crippen molar-refractivity contribution in [2.75, 3.05) is 34.0 Å². The smallest absolute Gasteiger partial charge is 0.493 e. The Morgan fingerprint density at radius 2 is 2.00 bits per heavy atom. The molecule has 0 aromatic heterocycles. The number of benzene rings is 1. The van der Waals surface area contributed by atoms with E-state index in [0.717, 1.165) is 5.56 Å². The molecule has 0 radical (unpaired) electrons. The highest BCUT2D eigenvalue weighted by molar-refractivity contribution is 5.71. The van der Waals surface area contributed by atoms with Gasteiger partial charge >= 0.3 is 12.1 Å². The van der Waals surface area contributed by atoms with Crippen molar-refractivity contribution in [3.63, 3.8) is 0 Å². The predicted octanol–water partition coefficient (Wildman–Crippen LogP) is 1.94. The fraction of sp³-hybridized carbons (Fsp3) is 0.375. The molecule has 1 aromatic rings. The maximum atomic E-state index is 11.3. The average molecular weight is 339 g/mol. The van der Waals surface area contributed by atoms with Gasteiger partial charge in [0, 0.05) is 0 Å². The number of nitrogens with one attached hydrogen (secondary N) is 1. The summed E-state index contributed by atoms with van der Waals surface area (Å²) in [6, 6.07) is 5.05. The second-order valence-electron chi connectivity index (χ2n) is 4.31. The van der Waals surface area contributed by atoms with Gasteiger partial charge in [0.15, 0.2) is 11.5 Å². The summed E-state index contributed by atoms with van der Waals surface area (Å²) in [5.41, 5.74) is 3.28. The highest BCUT2D eigenvalue weighted by Crippen LogP contribution is 2.28. The molecule has 1 rings (SSSR count). The second kappa shape index (κ2) is 11.0. The maximum Gasteiger partial charge on any atom is 0.513 e. The predicted molar refractivity (Wildman–Crippen MR) is 85.6 cm³/mol. The molecule has 0 aliphatic heterocycles. The largest absolute Gasteiger partial charge is 0.513 e. The summed E-state index contributed by atoms with van der Waals surface area (Å²) in [5.74, 6) is 0.250. The van der Waals surface area contributed by atoms with Gasteiger partial charge in [0.1, 0.15) is 6.54 Å². The highest BCUT2D eigenvalue weighted by atomic mass is 16.7. The Hall–Kier alpha value is -2.58. The van der Waals surface area contributed by atoms with Crippen LogP contribution in [0.3, 0.4) is 0 Å². The topological polar surface area (TPSA) is 92.3 Å². The molecule has 8 nitrogen and oxygen atoms in total. The number of hydrogen-bond acceptors (Lipinski definition) is 8. The molecule has 0 heterocycles. The van der Waals surface area contributed by atoms with Crippen molar-refractivity contribution < 1.29 is 33.4 Å². The number of rotatable bonds is 9. The fourth-order valence-electron chi connectivity index (χ4n) is 1.58. The van der Waals surface area contributed by atoms with Crippen LogP contribution in [-0.2, 0) is 19.1 Å². The summed E-state index contributed by atoms with van der Waals surface area (Å²) in [5, 5.41) is 0. The van der Waals surface area contributed by atoms with E-state index in [1.807, 2.05) is 0 Å². The zero-order chi connectivity index (χ0) is 17.8. The van der Waals surface area contributed by atoms with Gasteiger partial charge in [-0.2, -0.15) is 5.48 Å². The summed E-state index contributed by atoms with van der Waals surface area (Å²) in [7, 11) is 2.77. The second-order valence-corrected chi connectivity index (χ2v) is 4.31. The van der Waals surface area contributed by atoms with E-state index in [1.165, 1.54) is 14.2 Å². The molecule has 0 aliphatic carbocycles.